The molecule has 1 fully saturated rings. The highest BCUT2D eigenvalue weighted by Crippen LogP contribution is 2.25. The van der Waals surface area contributed by atoms with Crippen LogP contribution in [-0.4, -0.2) is 13.1 Å². The van der Waals surface area contributed by atoms with Crippen LogP contribution in [0.5, 0.6) is 0 Å². The lowest BCUT2D eigenvalue weighted by atomic mass is 9.94. The van der Waals surface area contributed by atoms with E-state index >= 15 is 0 Å². The van der Waals surface area contributed by atoms with Gasteiger partial charge in [0.25, 0.3) is 0 Å². The molecule has 13 heavy (non-hydrogen) atoms. The van der Waals surface area contributed by atoms with Gasteiger partial charge in [-0.2, -0.15) is 0 Å². The third-order valence-corrected chi connectivity index (χ3v) is 2.74. The van der Waals surface area contributed by atoms with E-state index < -0.39 is 0 Å². The van der Waals surface area contributed by atoms with Gasteiger partial charge in [0.15, 0.2) is 0 Å². The summed E-state index contributed by atoms with van der Waals surface area (Å²) in [5.74, 6) is 1.70. The molecule has 0 saturated carbocycles. The lowest BCUT2D eigenvalue weighted by molar-refractivity contribution is 0.289. The van der Waals surface area contributed by atoms with Gasteiger partial charge in [0.05, 0.1) is 12.3 Å². The minimum Gasteiger partial charge on any atom is -0.468 e. The van der Waals surface area contributed by atoms with Crippen LogP contribution in [0, 0.1) is 5.92 Å². The highest BCUT2D eigenvalue weighted by Gasteiger charge is 2.21. The van der Waals surface area contributed by atoms with Gasteiger partial charge in [-0.1, -0.05) is 0 Å². The van der Waals surface area contributed by atoms with Crippen LogP contribution in [0.25, 0.3) is 0 Å². The van der Waals surface area contributed by atoms with Gasteiger partial charge in [-0.3, -0.25) is 0 Å². The molecule has 1 aromatic heterocycles. The fourth-order valence-electron chi connectivity index (χ4n) is 1.85. The third kappa shape index (κ3) is 1.92. The summed E-state index contributed by atoms with van der Waals surface area (Å²) in [5, 5.41) is 3.45. The molecule has 0 aliphatic carbocycles. The molecule has 1 aliphatic heterocycles. The van der Waals surface area contributed by atoms with Crippen molar-refractivity contribution in [2.45, 2.75) is 18.9 Å². The number of hydrogen-bond acceptors (Lipinski definition) is 3. The Morgan fingerprint density at radius 2 is 2.46 bits per heavy atom. The summed E-state index contributed by atoms with van der Waals surface area (Å²) in [6.07, 6.45) is 4.07. The van der Waals surface area contributed by atoms with E-state index in [4.69, 9.17) is 10.2 Å². The van der Waals surface area contributed by atoms with Crippen LogP contribution in [0.2, 0.25) is 0 Å². The van der Waals surface area contributed by atoms with E-state index in [-0.39, 0.29) is 0 Å². The summed E-state index contributed by atoms with van der Waals surface area (Å²) in [4.78, 5) is 0. The van der Waals surface area contributed by atoms with Gasteiger partial charge in [-0.25, -0.2) is 0 Å². The monoisotopic (exact) mass is 180 g/mol. The largest absolute Gasteiger partial charge is 0.468 e. The Morgan fingerprint density at radius 3 is 3.00 bits per heavy atom. The maximum absolute atomic E-state index is 5.60. The molecule has 2 rings (SSSR count). The molecule has 1 saturated heterocycles. The SMILES string of the molecule is NCC1CCC(c2ccco2)NC1. The Labute approximate surface area is 78.3 Å². The third-order valence-electron chi connectivity index (χ3n) is 2.74. The Kier molecular flexibility index (Phi) is 2.66. The number of rotatable bonds is 2. The molecule has 2 atom stereocenters. The first-order valence-corrected chi connectivity index (χ1v) is 4.87. The molecular weight excluding hydrogens is 164 g/mol. The summed E-state index contributed by atoms with van der Waals surface area (Å²) in [7, 11) is 0. The molecule has 3 heteroatoms. The van der Waals surface area contributed by atoms with Crippen LogP contribution in [0.4, 0.5) is 0 Å². The van der Waals surface area contributed by atoms with Gasteiger partial charge in [-0.05, 0) is 44.0 Å². The second kappa shape index (κ2) is 3.94. The summed E-state index contributed by atoms with van der Waals surface area (Å²) < 4.78 is 5.35. The van der Waals surface area contributed by atoms with E-state index in [0.29, 0.717) is 12.0 Å². The Hall–Kier alpha value is -0.800. The molecule has 0 spiro atoms. The van der Waals surface area contributed by atoms with Gasteiger partial charge >= 0.3 is 0 Å². The minimum atomic E-state index is 0.401. The highest BCUT2D eigenvalue weighted by molar-refractivity contribution is 5.05. The number of nitrogens with two attached hydrogens (primary N) is 1. The van der Waals surface area contributed by atoms with Crippen molar-refractivity contribution in [3.8, 4) is 0 Å². The topological polar surface area (TPSA) is 51.2 Å². The zero-order chi connectivity index (χ0) is 9.10. The fourth-order valence-corrected chi connectivity index (χ4v) is 1.85. The van der Waals surface area contributed by atoms with Crippen molar-refractivity contribution in [2.75, 3.05) is 13.1 Å². The number of piperidine rings is 1. The second-order valence-corrected chi connectivity index (χ2v) is 3.66. The van der Waals surface area contributed by atoms with Crippen LogP contribution in [0.3, 0.4) is 0 Å². The van der Waals surface area contributed by atoms with Crippen LogP contribution in [0.15, 0.2) is 22.8 Å². The Morgan fingerprint density at radius 1 is 1.54 bits per heavy atom. The zero-order valence-corrected chi connectivity index (χ0v) is 7.70. The Bertz CT molecular complexity index is 237. The maximum atomic E-state index is 5.60. The molecule has 3 N–H and O–H groups in total. The molecule has 0 amide bonds. The van der Waals surface area contributed by atoms with E-state index in [9.17, 15) is 0 Å². The molecule has 0 aromatic carbocycles. The lowest BCUT2D eigenvalue weighted by Crippen LogP contribution is -2.36. The van der Waals surface area contributed by atoms with Crippen molar-refractivity contribution >= 4 is 0 Å². The van der Waals surface area contributed by atoms with Gasteiger partial charge in [0, 0.05) is 0 Å². The van der Waals surface area contributed by atoms with Crippen molar-refractivity contribution in [1.29, 1.82) is 0 Å². The Balaban J connectivity index is 1.92. The molecule has 2 unspecified atom stereocenters. The zero-order valence-electron chi connectivity index (χ0n) is 7.70. The first-order valence-electron chi connectivity index (χ1n) is 4.87. The van der Waals surface area contributed by atoms with Crippen LogP contribution in [0.1, 0.15) is 24.6 Å². The van der Waals surface area contributed by atoms with E-state index in [2.05, 4.69) is 5.32 Å². The quantitative estimate of drug-likeness (QED) is 0.720. The smallest absolute Gasteiger partial charge is 0.120 e. The van der Waals surface area contributed by atoms with Crippen LogP contribution >= 0.6 is 0 Å². The number of hydrogen-bond donors (Lipinski definition) is 2. The van der Waals surface area contributed by atoms with Crippen LogP contribution in [-0.2, 0) is 0 Å². The number of nitrogens with one attached hydrogen (secondary N) is 1. The summed E-state index contributed by atoms with van der Waals surface area (Å²) in [6, 6.07) is 4.37. The predicted molar refractivity (Wildman–Crippen MR) is 51.2 cm³/mol. The van der Waals surface area contributed by atoms with Crippen molar-refractivity contribution < 1.29 is 4.42 Å². The van der Waals surface area contributed by atoms with Crippen molar-refractivity contribution in [3.63, 3.8) is 0 Å². The first-order chi connectivity index (χ1) is 6.40. The summed E-state index contributed by atoms with van der Waals surface area (Å²) in [5.41, 5.74) is 5.60. The fraction of sp³-hybridized carbons (Fsp3) is 0.600. The summed E-state index contributed by atoms with van der Waals surface area (Å²) in [6.45, 7) is 1.81. The average molecular weight is 180 g/mol. The molecule has 72 valence electrons. The first kappa shape index (κ1) is 8.78. The van der Waals surface area contributed by atoms with Crippen molar-refractivity contribution in [3.05, 3.63) is 24.2 Å². The normalized spacial score (nSPS) is 29.0. The van der Waals surface area contributed by atoms with E-state index in [1.165, 1.54) is 6.42 Å². The molecule has 0 bridgehead atoms. The predicted octanol–water partition coefficient (Wildman–Crippen LogP) is 1.28. The van der Waals surface area contributed by atoms with Gasteiger partial charge in [0.2, 0.25) is 0 Å². The molecular formula is C10H16N2O. The van der Waals surface area contributed by atoms with Crippen molar-refractivity contribution in [1.82, 2.24) is 5.32 Å². The molecule has 2 heterocycles. The van der Waals surface area contributed by atoms with Crippen LogP contribution < -0.4 is 11.1 Å². The molecule has 1 aliphatic rings. The maximum Gasteiger partial charge on any atom is 0.120 e. The summed E-state index contributed by atoms with van der Waals surface area (Å²) >= 11 is 0. The standard InChI is InChI=1S/C10H16N2O/c11-6-8-3-4-9(12-7-8)10-2-1-5-13-10/h1-2,5,8-9,12H,3-4,6-7,11H2. The molecule has 3 nitrogen and oxygen atoms in total. The lowest BCUT2D eigenvalue weighted by Gasteiger charge is -2.27. The average Bonchev–Trinajstić information content (AvgIpc) is 2.71. The molecule has 1 aromatic rings. The highest BCUT2D eigenvalue weighted by atomic mass is 16.3. The van der Waals surface area contributed by atoms with E-state index in [1.54, 1.807) is 6.26 Å². The number of furan rings is 1. The van der Waals surface area contributed by atoms with Crippen molar-refractivity contribution in [2.24, 2.45) is 11.7 Å². The molecule has 0 radical (unpaired) electrons. The van der Waals surface area contributed by atoms with E-state index in [1.807, 2.05) is 12.1 Å². The minimum absolute atomic E-state index is 0.401. The second-order valence-electron chi connectivity index (χ2n) is 3.66. The van der Waals surface area contributed by atoms with Gasteiger partial charge in [-0.15, -0.1) is 0 Å². The van der Waals surface area contributed by atoms with Gasteiger partial charge < -0.3 is 15.5 Å². The van der Waals surface area contributed by atoms with Gasteiger partial charge in [0.1, 0.15) is 5.76 Å². The van der Waals surface area contributed by atoms with E-state index in [0.717, 1.165) is 25.3 Å².